The van der Waals surface area contributed by atoms with Crippen LogP contribution in [-0.4, -0.2) is 53.1 Å². The Labute approximate surface area is 199 Å². The summed E-state index contributed by atoms with van der Waals surface area (Å²) in [4.78, 5) is 13.4. The fraction of sp³-hybridized carbons (Fsp3) is 0.304. The normalized spacial score (nSPS) is 14.4. The molecule has 2 heterocycles. The molecule has 1 aliphatic rings. The molecule has 3 aromatic rings. The molecule has 0 radical (unpaired) electrons. The smallest absolute Gasteiger partial charge is 0.191 e. The first-order valence-corrected chi connectivity index (χ1v) is 10.3. The number of rotatable bonds is 6. The van der Waals surface area contributed by atoms with E-state index in [2.05, 4.69) is 36.5 Å². The largest absolute Gasteiger partial charge is 0.370 e. The van der Waals surface area contributed by atoms with E-state index in [9.17, 15) is 4.39 Å². The molecule has 1 saturated heterocycles. The number of anilines is 1. The Morgan fingerprint density at radius 2 is 1.71 bits per heavy atom. The van der Waals surface area contributed by atoms with Crippen LogP contribution in [0.25, 0.3) is 0 Å². The zero-order valence-corrected chi connectivity index (χ0v) is 19.7. The van der Waals surface area contributed by atoms with E-state index in [4.69, 9.17) is 5.73 Å². The van der Waals surface area contributed by atoms with Crippen LogP contribution in [0.2, 0.25) is 0 Å². The van der Waals surface area contributed by atoms with Gasteiger partial charge in [-0.15, -0.1) is 24.0 Å². The molecular formula is C23H28FIN6. The molecule has 0 bridgehead atoms. The minimum Gasteiger partial charge on any atom is -0.370 e. The number of aromatic nitrogens is 2. The molecule has 1 aliphatic heterocycles. The van der Waals surface area contributed by atoms with Crippen LogP contribution in [0.15, 0.2) is 72.0 Å². The van der Waals surface area contributed by atoms with Gasteiger partial charge in [0.15, 0.2) is 5.96 Å². The summed E-state index contributed by atoms with van der Waals surface area (Å²) in [7, 11) is 0. The molecule has 164 valence electrons. The molecular weight excluding hydrogens is 506 g/mol. The van der Waals surface area contributed by atoms with Crippen LogP contribution in [0.5, 0.6) is 0 Å². The second-order valence-corrected chi connectivity index (χ2v) is 7.40. The van der Waals surface area contributed by atoms with Crippen molar-refractivity contribution in [1.82, 2.24) is 14.5 Å². The van der Waals surface area contributed by atoms with Gasteiger partial charge in [0.2, 0.25) is 0 Å². The van der Waals surface area contributed by atoms with Gasteiger partial charge < -0.3 is 20.1 Å². The van der Waals surface area contributed by atoms with Crippen LogP contribution in [0.4, 0.5) is 10.1 Å². The number of piperazine rings is 1. The number of benzene rings is 2. The highest BCUT2D eigenvalue weighted by molar-refractivity contribution is 14.0. The third kappa shape index (κ3) is 6.19. The lowest BCUT2D eigenvalue weighted by Gasteiger charge is -2.36. The first-order chi connectivity index (χ1) is 14.7. The summed E-state index contributed by atoms with van der Waals surface area (Å²) in [6.45, 7) is 4.69. The lowest BCUT2D eigenvalue weighted by Crippen LogP contribution is -2.51. The summed E-state index contributed by atoms with van der Waals surface area (Å²) < 4.78 is 15.3. The molecule has 0 spiro atoms. The van der Waals surface area contributed by atoms with Crippen molar-refractivity contribution >= 4 is 35.6 Å². The Balaban J connectivity index is 0.00000272. The first-order valence-electron chi connectivity index (χ1n) is 10.3. The van der Waals surface area contributed by atoms with Crippen molar-refractivity contribution in [1.29, 1.82) is 0 Å². The highest BCUT2D eigenvalue weighted by Crippen LogP contribution is 2.16. The molecule has 1 fully saturated rings. The third-order valence-electron chi connectivity index (χ3n) is 5.40. The van der Waals surface area contributed by atoms with Gasteiger partial charge in [0.25, 0.3) is 0 Å². The van der Waals surface area contributed by atoms with Gasteiger partial charge in [-0.2, -0.15) is 0 Å². The minimum absolute atomic E-state index is 0. The minimum atomic E-state index is -0.210. The Bertz CT molecular complexity index is 965. The maximum absolute atomic E-state index is 13.1. The molecule has 0 atom stereocenters. The Morgan fingerprint density at radius 3 is 2.42 bits per heavy atom. The quantitative estimate of drug-likeness (QED) is 0.300. The van der Waals surface area contributed by atoms with Gasteiger partial charge in [-0.05, 0) is 29.8 Å². The maximum atomic E-state index is 13.1. The summed E-state index contributed by atoms with van der Waals surface area (Å²) in [5, 5.41) is 0. The van der Waals surface area contributed by atoms with Gasteiger partial charge in [-0.1, -0.05) is 30.3 Å². The number of aliphatic imine (C=N–C) groups is 1. The van der Waals surface area contributed by atoms with E-state index in [1.165, 1.54) is 17.7 Å². The molecule has 2 aromatic carbocycles. The number of nitrogens with two attached hydrogens (primary N) is 1. The first kappa shape index (κ1) is 23.1. The predicted molar refractivity (Wildman–Crippen MR) is 134 cm³/mol. The van der Waals surface area contributed by atoms with Gasteiger partial charge in [0.05, 0.1) is 0 Å². The molecule has 1 aromatic heterocycles. The van der Waals surface area contributed by atoms with Crippen LogP contribution in [0, 0.1) is 5.82 Å². The molecule has 8 heteroatoms. The highest BCUT2D eigenvalue weighted by Gasteiger charge is 2.18. The summed E-state index contributed by atoms with van der Waals surface area (Å²) in [6, 6.07) is 17.0. The lowest BCUT2D eigenvalue weighted by molar-refractivity contribution is 0.380. The fourth-order valence-corrected chi connectivity index (χ4v) is 3.71. The monoisotopic (exact) mass is 534 g/mol. The second kappa shape index (κ2) is 11.1. The molecule has 31 heavy (non-hydrogen) atoms. The molecule has 6 nitrogen and oxygen atoms in total. The van der Waals surface area contributed by atoms with Crippen molar-refractivity contribution in [3.63, 3.8) is 0 Å². The van der Waals surface area contributed by atoms with E-state index in [1.54, 1.807) is 0 Å². The van der Waals surface area contributed by atoms with E-state index in [-0.39, 0.29) is 29.8 Å². The van der Waals surface area contributed by atoms with E-state index >= 15 is 0 Å². The van der Waals surface area contributed by atoms with Crippen molar-refractivity contribution in [2.24, 2.45) is 10.7 Å². The van der Waals surface area contributed by atoms with Gasteiger partial charge >= 0.3 is 0 Å². The SMILES string of the molecule is I.NC(=NCCc1nccn1Cc1ccccc1)N1CCN(c2ccc(F)cc2)CC1. The zero-order valence-electron chi connectivity index (χ0n) is 17.4. The van der Waals surface area contributed by atoms with Gasteiger partial charge in [0, 0.05) is 63.8 Å². The number of guanidine groups is 1. The Kier molecular flexibility index (Phi) is 8.27. The number of halogens is 2. The molecule has 2 N–H and O–H groups in total. The Morgan fingerprint density at radius 1 is 1.00 bits per heavy atom. The van der Waals surface area contributed by atoms with E-state index < -0.39 is 0 Å². The standard InChI is InChI=1S/C23H27FN6.HI/c24-20-6-8-21(9-7-20)28-14-16-29(17-15-28)23(25)27-11-10-22-26-12-13-30(22)18-19-4-2-1-3-5-19;/h1-9,12-13H,10-11,14-18H2,(H2,25,27);1H. The number of nitrogens with zero attached hydrogens (tertiary/aromatic N) is 5. The lowest BCUT2D eigenvalue weighted by atomic mass is 10.2. The molecule has 0 saturated carbocycles. The van der Waals surface area contributed by atoms with Crippen molar-refractivity contribution in [3.8, 4) is 0 Å². The van der Waals surface area contributed by atoms with E-state index in [0.29, 0.717) is 12.5 Å². The van der Waals surface area contributed by atoms with E-state index in [0.717, 1.165) is 50.7 Å². The number of hydrogen-bond donors (Lipinski definition) is 1. The fourth-order valence-electron chi connectivity index (χ4n) is 3.71. The second-order valence-electron chi connectivity index (χ2n) is 7.40. The van der Waals surface area contributed by atoms with Gasteiger partial charge in [0.1, 0.15) is 11.6 Å². The van der Waals surface area contributed by atoms with Crippen LogP contribution in [0.3, 0.4) is 0 Å². The average Bonchev–Trinajstić information content (AvgIpc) is 3.22. The summed E-state index contributed by atoms with van der Waals surface area (Å²) in [5.41, 5.74) is 8.52. The van der Waals surface area contributed by atoms with Crippen molar-refractivity contribution in [2.45, 2.75) is 13.0 Å². The van der Waals surface area contributed by atoms with Crippen LogP contribution in [0.1, 0.15) is 11.4 Å². The van der Waals surface area contributed by atoms with Crippen molar-refractivity contribution in [3.05, 3.63) is 84.2 Å². The topological polar surface area (TPSA) is 62.7 Å². The average molecular weight is 534 g/mol. The number of imidazole rings is 1. The maximum Gasteiger partial charge on any atom is 0.191 e. The van der Waals surface area contributed by atoms with Gasteiger partial charge in [-0.3, -0.25) is 4.99 Å². The predicted octanol–water partition coefficient (Wildman–Crippen LogP) is 3.37. The molecule has 0 aliphatic carbocycles. The summed E-state index contributed by atoms with van der Waals surface area (Å²) in [6.07, 6.45) is 4.58. The number of hydrogen-bond acceptors (Lipinski definition) is 3. The highest BCUT2D eigenvalue weighted by atomic mass is 127. The molecule has 0 unspecified atom stereocenters. The van der Waals surface area contributed by atoms with Crippen LogP contribution in [-0.2, 0) is 13.0 Å². The van der Waals surface area contributed by atoms with E-state index in [1.807, 2.05) is 42.7 Å². The summed E-state index contributed by atoms with van der Waals surface area (Å²) >= 11 is 0. The zero-order chi connectivity index (χ0) is 20.8. The molecule has 4 rings (SSSR count). The Hall–Kier alpha value is -2.62. The van der Waals surface area contributed by atoms with Gasteiger partial charge in [-0.25, -0.2) is 9.37 Å². The third-order valence-corrected chi connectivity index (χ3v) is 5.40. The molecule has 0 amide bonds. The van der Waals surface area contributed by atoms with Crippen LogP contribution < -0.4 is 10.6 Å². The summed E-state index contributed by atoms with van der Waals surface area (Å²) in [5.74, 6) is 1.38. The van der Waals surface area contributed by atoms with Crippen molar-refractivity contribution < 1.29 is 4.39 Å². The van der Waals surface area contributed by atoms with Crippen molar-refractivity contribution in [2.75, 3.05) is 37.6 Å². The van der Waals surface area contributed by atoms with Crippen LogP contribution >= 0.6 is 24.0 Å².